The highest BCUT2D eigenvalue weighted by Crippen LogP contribution is 2.23. The standard InChI is InChI=1S/C16H16N2O2/c19-15-9-8-12(16(20)18-15)10-17-14-7-3-5-11-4-1-2-6-13(11)14/h1-7,12,17H,8-10H2,(H,18,19,20). The van der Waals surface area contributed by atoms with Gasteiger partial charge in [-0.2, -0.15) is 0 Å². The van der Waals surface area contributed by atoms with Crippen LogP contribution in [0.5, 0.6) is 0 Å². The SMILES string of the molecule is O=C1CCC(CNc2cccc3ccccc23)C(=O)N1. The molecule has 1 saturated heterocycles. The molecule has 1 heterocycles. The Bertz CT molecular complexity index is 661. The van der Waals surface area contributed by atoms with Gasteiger partial charge in [-0.15, -0.1) is 0 Å². The van der Waals surface area contributed by atoms with Crippen molar-refractivity contribution in [2.24, 2.45) is 5.92 Å². The van der Waals surface area contributed by atoms with Gasteiger partial charge in [0.15, 0.2) is 0 Å². The number of anilines is 1. The molecule has 0 aromatic heterocycles. The van der Waals surface area contributed by atoms with Gasteiger partial charge < -0.3 is 5.32 Å². The van der Waals surface area contributed by atoms with Gasteiger partial charge in [0.1, 0.15) is 0 Å². The number of imide groups is 1. The van der Waals surface area contributed by atoms with E-state index in [0.717, 1.165) is 11.1 Å². The van der Waals surface area contributed by atoms with Crippen molar-refractivity contribution < 1.29 is 9.59 Å². The van der Waals surface area contributed by atoms with Crippen molar-refractivity contribution in [3.8, 4) is 0 Å². The Hall–Kier alpha value is -2.36. The Labute approximate surface area is 117 Å². The number of carbonyl (C=O) groups is 2. The number of rotatable bonds is 3. The lowest BCUT2D eigenvalue weighted by Crippen LogP contribution is -2.43. The van der Waals surface area contributed by atoms with Crippen molar-refractivity contribution in [2.45, 2.75) is 12.8 Å². The first-order chi connectivity index (χ1) is 9.74. The molecule has 1 fully saturated rings. The third-order valence-corrected chi connectivity index (χ3v) is 3.68. The van der Waals surface area contributed by atoms with Gasteiger partial charge in [-0.05, 0) is 17.9 Å². The lowest BCUT2D eigenvalue weighted by Gasteiger charge is -2.21. The Morgan fingerprint density at radius 2 is 1.90 bits per heavy atom. The number of amides is 2. The molecule has 1 aliphatic rings. The number of carbonyl (C=O) groups excluding carboxylic acids is 2. The normalized spacial score (nSPS) is 18.9. The number of benzene rings is 2. The highest BCUT2D eigenvalue weighted by atomic mass is 16.2. The van der Waals surface area contributed by atoms with Crippen LogP contribution in [0.3, 0.4) is 0 Å². The maximum atomic E-state index is 11.7. The molecule has 2 aromatic rings. The molecule has 0 bridgehead atoms. The Kier molecular flexibility index (Phi) is 3.37. The predicted octanol–water partition coefficient (Wildman–Crippen LogP) is 2.30. The molecular formula is C16H16N2O2. The first-order valence-electron chi connectivity index (χ1n) is 6.79. The van der Waals surface area contributed by atoms with Crippen molar-refractivity contribution >= 4 is 28.3 Å². The summed E-state index contributed by atoms with van der Waals surface area (Å²) >= 11 is 0. The molecule has 4 heteroatoms. The van der Waals surface area contributed by atoms with Crippen molar-refractivity contribution in [2.75, 3.05) is 11.9 Å². The lowest BCUT2D eigenvalue weighted by atomic mass is 9.98. The van der Waals surface area contributed by atoms with Gasteiger partial charge in [0.05, 0.1) is 5.92 Å². The van der Waals surface area contributed by atoms with Crippen LogP contribution >= 0.6 is 0 Å². The van der Waals surface area contributed by atoms with Crippen LogP contribution in [-0.2, 0) is 9.59 Å². The van der Waals surface area contributed by atoms with Crippen molar-refractivity contribution in [1.29, 1.82) is 0 Å². The van der Waals surface area contributed by atoms with Gasteiger partial charge in [0, 0.05) is 24.0 Å². The summed E-state index contributed by atoms with van der Waals surface area (Å²) in [6.45, 7) is 0.549. The first kappa shape index (κ1) is 12.7. The van der Waals surface area contributed by atoms with Crippen LogP contribution in [0.1, 0.15) is 12.8 Å². The number of hydrogen-bond acceptors (Lipinski definition) is 3. The van der Waals surface area contributed by atoms with E-state index in [-0.39, 0.29) is 17.7 Å². The lowest BCUT2D eigenvalue weighted by molar-refractivity contribution is -0.135. The second-order valence-electron chi connectivity index (χ2n) is 5.06. The number of nitrogens with one attached hydrogen (secondary N) is 2. The average molecular weight is 268 g/mol. The van der Waals surface area contributed by atoms with E-state index in [4.69, 9.17) is 0 Å². The Morgan fingerprint density at radius 3 is 2.75 bits per heavy atom. The molecular weight excluding hydrogens is 252 g/mol. The second-order valence-corrected chi connectivity index (χ2v) is 5.06. The molecule has 0 spiro atoms. The van der Waals surface area contributed by atoms with Crippen LogP contribution in [0.25, 0.3) is 10.8 Å². The van der Waals surface area contributed by atoms with Gasteiger partial charge in [-0.3, -0.25) is 14.9 Å². The van der Waals surface area contributed by atoms with E-state index in [0.29, 0.717) is 19.4 Å². The molecule has 2 amide bonds. The van der Waals surface area contributed by atoms with Crippen molar-refractivity contribution in [3.63, 3.8) is 0 Å². The van der Waals surface area contributed by atoms with E-state index >= 15 is 0 Å². The largest absolute Gasteiger partial charge is 0.384 e. The number of piperidine rings is 1. The molecule has 0 aliphatic carbocycles. The monoisotopic (exact) mass is 268 g/mol. The molecule has 1 unspecified atom stereocenters. The fourth-order valence-electron chi connectivity index (χ4n) is 2.55. The topological polar surface area (TPSA) is 58.2 Å². The molecule has 3 rings (SSSR count). The van der Waals surface area contributed by atoms with Crippen LogP contribution in [0, 0.1) is 5.92 Å². The third-order valence-electron chi connectivity index (χ3n) is 3.68. The summed E-state index contributed by atoms with van der Waals surface area (Å²) in [6, 6.07) is 14.2. The van der Waals surface area contributed by atoms with Crippen LogP contribution in [0.2, 0.25) is 0 Å². The summed E-state index contributed by atoms with van der Waals surface area (Å²) in [6.07, 6.45) is 1.04. The van der Waals surface area contributed by atoms with E-state index < -0.39 is 0 Å². The summed E-state index contributed by atoms with van der Waals surface area (Å²) in [5, 5.41) is 8.02. The van der Waals surface area contributed by atoms with Crippen molar-refractivity contribution in [3.05, 3.63) is 42.5 Å². The third kappa shape index (κ3) is 2.50. The quantitative estimate of drug-likeness (QED) is 0.840. The second kappa shape index (κ2) is 5.33. The van der Waals surface area contributed by atoms with Gasteiger partial charge >= 0.3 is 0 Å². The molecule has 2 aromatic carbocycles. The minimum absolute atomic E-state index is 0.147. The molecule has 0 saturated carbocycles. The zero-order valence-electron chi connectivity index (χ0n) is 11.1. The molecule has 2 N–H and O–H groups in total. The molecule has 1 aliphatic heterocycles. The minimum atomic E-state index is -0.172. The Morgan fingerprint density at radius 1 is 1.10 bits per heavy atom. The molecule has 20 heavy (non-hydrogen) atoms. The van der Waals surface area contributed by atoms with Crippen molar-refractivity contribution in [1.82, 2.24) is 5.32 Å². The Balaban J connectivity index is 1.74. The van der Waals surface area contributed by atoms with Gasteiger partial charge in [0.2, 0.25) is 11.8 Å². The first-order valence-corrected chi connectivity index (χ1v) is 6.79. The summed E-state index contributed by atoms with van der Waals surface area (Å²) in [5.74, 6) is -0.489. The summed E-state index contributed by atoms with van der Waals surface area (Å²) in [4.78, 5) is 22.8. The van der Waals surface area contributed by atoms with E-state index in [1.54, 1.807) is 0 Å². The summed E-state index contributed by atoms with van der Waals surface area (Å²) in [5.41, 5.74) is 1.02. The van der Waals surface area contributed by atoms with E-state index in [1.807, 2.05) is 24.3 Å². The highest BCUT2D eigenvalue weighted by molar-refractivity contribution is 5.99. The molecule has 102 valence electrons. The van der Waals surface area contributed by atoms with E-state index in [9.17, 15) is 9.59 Å². The fraction of sp³-hybridized carbons (Fsp3) is 0.250. The molecule has 0 radical (unpaired) electrons. The van der Waals surface area contributed by atoms with Gasteiger partial charge in [-0.25, -0.2) is 0 Å². The zero-order chi connectivity index (χ0) is 13.9. The fourth-order valence-corrected chi connectivity index (χ4v) is 2.55. The number of hydrogen-bond donors (Lipinski definition) is 2. The van der Waals surface area contributed by atoms with Crippen LogP contribution in [-0.4, -0.2) is 18.4 Å². The minimum Gasteiger partial charge on any atom is -0.384 e. The van der Waals surface area contributed by atoms with Gasteiger partial charge in [0.25, 0.3) is 0 Å². The molecule has 1 atom stereocenters. The smallest absolute Gasteiger partial charge is 0.231 e. The summed E-state index contributed by atoms with van der Waals surface area (Å²) in [7, 11) is 0. The number of fused-ring (bicyclic) bond motifs is 1. The van der Waals surface area contributed by atoms with E-state index in [1.165, 1.54) is 5.39 Å². The van der Waals surface area contributed by atoms with Crippen LogP contribution in [0.4, 0.5) is 5.69 Å². The maximum absolute atomic E-state index is 11.7. The summed E-state index contributed by atoms with van der Waals surface area (Å²) < 4.78 is 0. The van der Waals surface area contributed by atoms with E-state index in [2.05, 4.69) is 28.8 Å². The van der Waals surface area contributed by atoms with Crippen LogP contribution < -0.4 is 10.6 Å². The zero-order valence-corrected chi connectivity index (χ0v) is 11.1. The van der Waals surface area contributed by atoms with Gasteiger partial charge in [-0.1, -0.05) is 36.4 Å². The van der Waals surface area contributed by atoms with Crippen LogP contribution in [0.15, 0.2) is 42.5 Å². The average Bonchev–Trinajstić information content (AvgIpc) is 2.46. The molecule has 4 nitrogen and oxygen atoms in total. The highest BCUT2D eigenvalue weighted by Gasteiger charge is 2.26. The maximum Gasteiger partial charge on any atom is 0.231 e. The predicted molar refractivity (Wildman–Crippen MR) is 78.3 cm³/mol.